The third-order valence-electron chi connectivity index (χ3n) is 6.48. The van der Waals surface area contributed by atoms with Crippen LogP contribution in [0.15, 0.2) is 35.7 Å². The molecule has 1 saturated heterocycles. The molecule has 1 fully saturated rings. The van der Waals surface area contributed by atoms with Gasteiger partial charge in [0.05, 0.1) is 31.9 Å². The third kappa shape index (κ3) is 5.08. The predicted molar refractivity (Wildman–Crippen MR) is 130 cm³/mol. The van der Waals surface area contributed by atoms with Gasteiger partial charge < -0.3 is 19.9 Å². The number of carbonyl (C=O) groups is 1. The van der Waals surface area contributed by atoms with Gasteiger partial charge in [-0.1, -0.05) is 0 Å². The first-order valence-corrected chi connectivity index (χ1v) is 12.6. The first-order chi connectivity index (χ1) is 17.3. The van der Waals surface area contributed by atoms with Gasteiger partial charge in [-0.15, -0.1) is 0 Å². The second-order valence-electron chi connectivity index (χ2n) is 8.94. The van der Waals surface area contributed by atoms with E-state index in [0.29, 0.717) is 17.1 Å². The molecular formula is C23H28F2N8O2S. The topological polar surface area (TPSA) is 104 Å². The van der Waals surface area contributed by atoms with E-state index in [0.717, 1.165) is 35.9 Å². The maximum atomic E-state index is 13.7. The molecule has 1 amide bonds. The van der Waals surface area contributed by atoms with Crippen LogP contribution in [0.25, 0.3) is 0 Å². The van der Waals surface area contributed by atoms with Gasteiger partial charge in [0.1, 0.15) is 17.8 Å². The molecule has 10 nitrogen and oxygen atoms in total. The number of halogens is 2. The van der Waals surface area contributed by atoms with E-state index in [1.807, 2.05) is 23.7 Å². The van der Waals surface area contributed by atoms with Crippen LogP contribution < -0.4 is 10.2 Å². The summed E-state index contributed by atoms with van der Waals surface area (Å²) in [6.45, 7) is 4.35. The Hall–Kier alpha value is -3.03. The van der Waals surface area contributed by atoms with Gasteiger partial charge in [0.15, 0.2) is 0 Å². The van der Waals surface area contributed by atoms with Crippen LogP contribution in [0.2, 0.25) is 0 Å². The highest BCUT2D eigenvalue weighted by Crippen LogP contribution is 2.33. The van der Waals surface area contributed by atoms with E-state index in [-0.39, 0.29) is 38.6 Å². The van der Waals surface area contributed by atoms with Crippen molar-refractivity contribution in [2.45, 2.75) is 50.3 Å². The summed E-state index contributed by atoms with van der Waals surface area (Å²) in [5, 5.41) is 16.8. The first-order valence-electron chi connectivity index (χ1n) is 11.8. The summed E-state index contributed by atoms with van der Waals surface area (Å²) in [5.41, 5.74) is 3.02. The molecule has 2 aliphatic heterocycles. The number of carbonyl (C=O) groups excluding carboxylic acids is 1. The number of hydrogen-bond donors (Lipinski definition) is 2. The van der Waals surface area contributed by atoms with E-state index in [1.54, 1.807) is 28.9 Å². The maximum Gasteiger partial charge on any atom is 0.268 e. The van der Waals surface area contributed by atoms with Gasteiger partial charge in [-0.2, -0.15) is 5.10 Å². The van der Waals surface area contributed by atoms with Gasteiger partial charge in [-0.05, 0) is 31.0 Å². The molecule has 0 aliphatic carbocycles. The summed E-state index contributed by atoms with van der Waals surface area (Å²) >= 11 is 1.58. The number of amides is 1. The molecular weight excluding hydrogens is 490 g/mol. The Morgan fingerprint density at radius 3 is 2.94 bits per heavy atom. The highest BCUT2D eigenvalue weighted by atomic mass is 32.2. The van der Waals surface area contributed by atoms with Crippen LogP contribution in [0.3, 0.4) is 0 Å². The molecule has 3 aromatic heterocycles. The van der Waals surface area contributed by atoms with Gasteiger partial charge in [-0.3, -0.25) is 9.48 Å². The average Bonchev–Trinajstić information content (AvgIpc) is 3.56. The van der Waals surface area contributed by atoms with E-state index in [9.17, 15) is 18.7 Å². The van der Waals surface area contributed by atoms with Crippen LogP contribution in [0.5, 0.6) is 0 Å². The minimum absolute atomic E-state index is 0.0963. The van der Waals surface area contributed by atoms with Crippen molar-refractivity contribution in [3.63, 3.8) is 0 Å². The average molecular weight is 519 g/mol. The standard InChI is InChI=1S/C23H28F2N8O2S/c1-16-20(36-31-6-7-33-18(13-31)2-4-29-33)10-19(32(16)8-9-34)22(35)27-12-17-11-26-15-28-21(17)30-5-3-23(24,25)14-30/h2,4,10-11,15,34H,3,5-9,12-14H2,1H3,(H,27,35). The second kappa shape index (κ2) is 10.1. The third-order valence-corrected chi connectivity index (χ3v) is 7.66. The fourth-order valence-electron chi connectivity index (χ4n) is 4.61. The van der Waals surface area contributed by atoms with Crippen molar-refractivity contribution in [3.8, 4) is 0 Å². The van der Waals surface area contributed by atoms with Crippen LogP contribution in [0.4, 0.5) is 14.6 Å². The summed E-state index contributed by atoms with van der Waals surface area (Å²) in [6, 6.07) is 3.83. The zero-order valence-corrected chi connectivity index (χ0v) is 20.7. The molecule has 0 bridgehead atoms. The molecule has 2 N–H and O–H groups in total. The molecule has 5 rings (SSSR count). The molecule has 0 spiro atoms. The van der Waals surface area contributed by atoms with Crippen LogP contribution in [0.1, 0.15) is 33.9 Å². The maximum absolute atomic E-state index is 13.7. The smallest absolute Gasteiger partial charge is 0.268 e. The van der Waals surface area contributed by atoms with E-state index in [2.05, 4.69) is 24.7 Å². The Kier molecular flexibility index (Phi) is 6.95. The van der Waals surface area contributed by atoms with E-state index < -0.39 is 12.5 Å². The van der Waals surface area contributed by atoms with Gasteiger partial charge in [-0.25, -0.2) is 23.1 Å². The Morgan fingerprint density at radius 2 is 2.17 bits per heavy atom. The van der Waals surface area contributed by atoms with Crippen LogP contribution in [-0.2, 0) is 26.2 Å². The number of alkyl halides is 2. The molecule has 3 aromatic rings. The lowest BCUT2D eigenvalue weighted by Crippen LogP contribution is -2.30. The first kappa shape index (κ1) is 24.7. The normalized spacial score (nSPS) is 17.4. The molecule has 0 atom stereocenters. The molecule has 5 heterocycles. The number of anilines is 1. The van der Waals surface area contributed by atoms with Crippen molar-refractivity contribution < 1.29 is 18.7 Å². The van der Waals surface area contributed by atoms with Crippen molar-refractivity contribution in [2.24, 2.45) is 0 Å². The fraction of sp³-hybridized carbons (Fsp3) is 0.478. The minimum atomic E-state index is -2.75. The lowest BCUT2D eigenvalue weighted by Gasteiger charge is -2.26. The molecule has 2 aliphatic rings. The molecule has 0 aromatic carbocycles. The van der Waals surface area contributed by atoms with Crippen molar-refractivity contribution in [1.82, 2.24) is 33.9 Å². The number of fused-ring (bicyclic) bond motifs is 1. The molecule has 192 valence electrons. The van der Waals surface area contributed by atoms with Crippen molar-refractivity contribution in [3.05, 3.63) is 53.5 Å². The number of aromatic nitrogens is 5. The Bertz CT molecular complexity index is 1250. The summed E-state index contributed by atoms with van der Waals surface area (Å²) in [5.74, 6) is -2.67. The number of nitrogens with one attached hydrogen (secondary N) is 1. The minimum Gasteiger partial charge on any atom is -0.395 e. The molecule has 0 unspecified atom stereocenters. The van der Waals surface area contributed by atoms with E-state index in [1.165, 1.54) is 11.2 Å². The summed E-state index contributed by atoms with van der Waals surface area (Å²) in [4.78, 5) is 23.9. The van der Waals surface area contributed by atoms with Crippen LogP contribution in [-0.4, -0.2) is 71.8 Å². The number of aliphatic hydroxyl groups is 1. The van der Waals surface area contributed by atoms with Crippen molar-refractivity contribution in [1.29, 1.82) is 0 Å². The Morgan fingerprint density at radius 1 is 1.31 bits per heavy atom. The predicted octanol–water partition coefficient (Wildman–Crippen LogP) is 2.07. The lowest BCUT2D eigenvalue weighted by molar-refractivity contribution is 0.0256. The summed E-state index contributed by atoms with van der Waals surface area (Å²) < 4.78 is 33.5. The van der Waals surface area contributed by atoms with Gasteiger partial charge in [0, 0.05) is 61.1 Å². The second-order valence-corrected chi connectivity index (χ2v) is 10.1. The van der Waals surface area contributed by atoms with E-state index in [4.69, 9.17) is 0 Å². The number of rotatable bonds is 8. The SMILES string of the molecule is Cc1c(SN2CCn3nccc3C2)cc(C(=O)NCc2cncnc2N2CCC(F)(F)C2)n1CCO. The lowest BCUT2D eigenvalue weighted by atomic mass is 10.2. The molecule has 36 heavy (non-hydrogen) atoms. The highest BCUT2D eigenvalue weighted by Gasteiger charge is 2.39. The summed E-state index contributed by atoms with van der Waals surface area (Å²) in [7, 11) is 0. The van der Waals surface area contributed by atoms with Crippen LogP contribution >= 0.6 is 11.9 Å². The molecule has 0 radical (unpaired) electrons. The van der Waals surface area contributed by atoms with Crippen molar-refractivity contribution in [2.75, 3.05) is 31.1 Å². The monoisotopic (exact) mass is 518 g/mol. The number of nitrogens with zero attached hydrogens (tertiary/aromatic N) is 7. The Balaban J connectivity index is 1.30. The van der Waals surface area contributed by atoms with Gasteiger partial charge >= 0.3 is 0 Å². The zero-order valence-electron chi connectivity index (χ0n) is 19.9. The summed E-state index contributed by atoms with van der Waals surface area (Å²) in [6.07, 6.45) is 4.44. The molecule has 0 saturated carbocycles. The van der Waals surface area contributed by atoms with Gasteiger partial charge in [0.25, 0.3) is 11.8 Å². The zero-order chi connectivity index (χ0) is 25.3. The number of hydrogen-bond acceptors (Lipinski definition) is 8. The van der Waals surface area contributed by atoms with E-state index >= 15 is 0 Å². The van der Waals surface area contributed by atoms with Crippen molar-refractivity contribution >= 4 is 23.7 Å². The highest BCUT2D eigenvalue weighted by molar-refractivity contribution is 7.97. The number of aliphatic hydroxyl groups excluding tert-OH is 1. The van der Waals surface area contributed by atoms with Crippen LogP contribution in [0, 0.1) is 6.92 Å². The molecule has 13 heteroatoms. The quantitative estimate of drug-likeness (QED) is 0.437. The van der Waals surface area contributed by atoms with Gasteiger partial charge in [0.2, 0.25) is 0 Å². The largest absolute Gasteiger partial charge is 0.395 e. The Labute approximate surface area is 211 Å². The fourth-order valence-corrected chi connectivity index (χ4v) is 5.67.